The van der Waals surface area contributed by atoms with E-state index in [4.69, 9.17) is 34.7 Å². The number of hydrogen-bond donors (Lipinski definition) is 2. The fraction of sp³-hybridized carbons (Fsp3) is 0.190. The second-order valence-corrected chi connectivity index (χ2v) is 8.22. The monoisotopic (exact) mass is 439 g/mol. The minimum atomic E-state index is 0.0638. The zero-order valence-corrected chi connectivity index (χ0v) is 17.5. The molecule has 9 heteroatoms. The molecule has 2 aromatic carbocycles. The minimum Gasteiger partial charge on any atom is -0.383 e. The van der Waals surface area contributed by atoms with Crippen LogP contribution in [0.25, 0.3) is 11.0 Å². The Morgan fingerprint density at radius 3 is 2.70 bits per heavy atom. The molecule has 4 aromatic rings. The second-order valence-electron chi connectivity index (χ2n) is 7.41. The van der Waals surface area contributed by atoms with E-state index in [-0.39, 0.29) is 12.0 Å². The summed E-state index contributed by atoms with van der Waals surface area (Å²) < 4.78 is 1.90. The number of aromatic nitrogens is 4. The van der Waals surface area contributed by atoms with Crippen molar-refractivity contribution in [2.75, 3.05) is 22.9 Å². The van der Waals surface area contributed by atoms with E-state index in [9.17, 15) is 0 Å². The number of rotatable bonds is 3. The molecule has 1 aliphatic rings. The van der Waals surface area contributed by atoms with Gasteiger partial charge < -0.3 is 16.4 Å². The number of nitrogens with two attached hydrogens (primary N) is 2. The number of nitrogen functional groups attached to an aromatic ring is 2. The molecule has 0 spiro atoms. The zero-order valence-electron chi connectivity index (χ0n) is 16.0. The first-order valence-electron chi connectivity index (χ1n) is 9.52. The van der Waals surface area contributed by atoms with Crippen LogP contribution in [0.1, 0.15) is 17.2 Å². The summed E-state index contributed by atoms with van der Waals surface area (Å²) in [4.78, 5) is 10.8. The van der Waals surface area contributed by atoms with Crippen LogP contribution in [0, 0.1) is 0 Å². The molecule has 0 bridgehead atoms. The molecule has 5 rings (SSSR count). The molecule has 1 atom stereocenters. The lowest BCUT2D eigenvalue weighted by molar-refractivity contribution is 0.439. The molecule has 0 saturated carbocycles. The summed E-state index contributed by atoms with van der Waals surface area (Å²) in [6.07, 6.45) is 2.53. The SMILES string of the molecule is Nc1nc(N)c2cnn(C3Cc4ccccc4N(Cc4ccc(Cl)c(Cl)c4)C3)c2n1. The van der Waals surface area contributed by atoms with Crippen LogP contribution >= 0.6 is 23.2 Å². The average Bonchev–Trinajstić information content (AvgIpc) is 3.15. The first-order valence-corrected chi connectivity index (χ1v) is 10.3. The summed E-state index contributed by atoms with van der Waals surface area (Å²) in [5.41, 5.74) is 16.0. The van der Waals surface area contributed by atoms with Gasteiger partial charge in [0.2, 0.25) is 5.95 Å². The fourth-order valence-corrected chi connectivity index (χ4v) is 4.39. The van der Waals surface area contributed by atoms with E-state index in [1.54, 1.807) is 6.20 Å². The van der Waals surface area contributed by atoms with Gasteiger partial charge in [-0.05, 0) is 35.7 Å². The van der Waals surface area contributed by atoms with Gasteiger partial charge in [-0.1, -0.05) is 47.5 Å². The molecular weight excluding hydrogens is 421 g/mol. The van der Waals surface area contributed by atoms with Gasteiger partial charge in [0.15, 0.2) is 5.65 Å². The summed E-state index contributed by atoms with van der Waals surface area (Å²) in [5, 5.41) is 6.39. The summed E-state index contributed by atoms with van der Waals surface area (Å²) in [6.45, 7) is 1.45. The van der Waals surface area contributed by atoms with E-state index < -0.39 is 0 Å². The largest absolute Gasteiger partial charge is 0.383 e. The number of para-hydroxylation sites is 1. The smallest absolute Gasteiger partial charge is 0.224 e. The third-order valence-corrected chi connectivity index (χ3v) is 6.16. The predicted octanol–water partition coefficient (Wildman–Crippen LogP) is 4.10. The number of hydrogen-bond acceptors (Lipinski definition) is 6. The van der Waals surface area contributed by atoms with Gasteiger partial charge in [0, 0.05) is 18.8 Å². The van der Waals surface area contributed by atoms with E-state index in [1.807, 2.05) is 22.9 Å². The average molecular weight is 440 g/mol. The molecule has 0 saturated heterocycles. The molecule has 0 amide bonds. The highest BCUT2D eigenvalue weighted by atomic mass is 35.5. The zero-order chi connectivity index (χ0) is 20.8. The maximum atomic E-state index is 6.23. The van der Waals surface area contributed by atoms with E-state index in [2.05, 4.69) is 44.2 Å². The van der Waals surface area contributed by atoms with Crippen LogP contribution < -0.4 is 16.4 Å². The summed E-state index contributed by atoms with van der Waals surface area (Å²) in [5.74, 6) is 0.484. The molecular formula is C21H19Cl2N7. The standard InChI is InChI=1S/C21H19Cl2N7/c22-16-6-5-12(7-17(16)23)10-29-11-14(8-13-3-1-2-4-18(13)29)30-20-15(9-26-30)19(24)27-21(25)28-20/h1-7,9,14H,8,10-11H2,(H4,24,25,27,28). The molecule has 0 radical (unpaired) electrons. The Morgan fingerprint density at radius 1 is 1.03 bits per heavy atom. The molecule has 3 heterocycles. The lowest BCUT2D eigenvalue weighted by Crippen LogP contribution is -2.36. The highest BCUT2D eigenvalue weighted by Crippen LogP contribution is 2.35. The van der Waals surface area contributed by atoms with E-state index >= 15 is 0 Å². The van der Waals surface area contributed by atoms with Gasteiger partial charge in [-0.3, -0.25) is 0 Å². The van der Waals surface area contributed by atoms with Gasteiger partial charge in [0.1, 0.15) is 5.82 Å². The highest BCUT2D eigenvalue weighted by molar-refractivity contribution is 6.42. The Bertz CT molecular complexity index is 1250. The quantitative estimate of drug-likeness (QED) is 0.498. The Balaban J connectivity index is 1.54. The lowest BCUT2D eigenvalue weighted by atomic mass is 9.97. The Hall–Kier alpha value is -3.03. The van der Waals surface area contributed by atoms with E-state index in [0.717, 1.165) is 18.5 Å². The maximum Gasteiger partial charge on any atom is 0.224 e. The fourth-order valence-electron chi connectivity index (χ4n) is 4.07. The number of anilines is 3. The van der Waals surface area contributed by atoms with Gasteiger partial charge in [-0.2, -0.15) is 15.1 Å². The number of benzene rings is 2. The second kappa shape index (κ2) is 7.34. The third kappa shape index (κ3) is 3.30. The van der Waals surface area contributed by atoms with Crippen molar-refractivity contribution in [1.29, 1.82) is 0 Å². The normalized spacial score (nSPS) is 16.1. The predicted molar refractivity (Wildman–Crippen MR) is 121 cm³/mol. The topological polar surface area (TPSA) is 98.9 Å². The maximum absolute atomic E-state index is 6.23. The minimum absolute atomic E-state index is 0.0638. The van der Waals surface area contributed by atoms with Gasteiger partial charge in [0.05, 0.1) is 27.7 Å². The number of halogens is 2. The third-order valence-electron chi connectivity index (χ3n) is 5.42. The summed E-state index contributed by atoms with van der Waals surface area (Å²) in [6, 6.07) is 14.2. The van der Waals surface area contributed by atoms with Gasteiger partial charge in [-0.25, -0.2) is 4.68 Å². The van der Waals surface area contributed by atoms with Crippen molar-refractivity contribution < 1.29 is 0 Å². The van der Waals surface area contributed by atoms with Crippen LogP contribution in [0.3, 0.4) is 0 Å². The van der Waals surface area contributed by atoms with Crippen molar-refractivity contribution in [2.24, 2.45) is 0 Å². The molecule has 2 aromatic heterocycles. The molecule has 0 aliphatic carbocycles. The van der Waals surface area contributed by atoms with Crippen molar-refractivity contribution >= 4 is 51.7 Å². The van der Waals surface area contributed by atoms with Crippen molar-refractivity contribution in [3.63, 3.8) is 0 Å². The molecule has 0 fully saturated rings. The van der Waals surface area contributed by atoms with E-state index in [1.165, 1.54) is 11.3 Å². The first-order chi connectivity index (χ1) is 14.5. The van der Waals surface area contributed by atoms with Gasteiger partial charge >= 0.3 is 0 Å². The van der Waals surface area contributed by atoms with Crippen LogP contribution in [0.2, 0.25) is 10.0 Å². The van der Waals surface area contributed by atoms with Gasteiger partial charge in [0.25, 0.3) is 0 Å². The van der Waals surface area contributed by atoms with Crippen LogP contribution in [0.4, 0.5) is 17.5 Å². The van der Waals surface area contributed by atoms with Crippen molar-refractivity contribution in [1.82, 2.24) is 19.7 Å². The Kier molecular flexibility index (Phi) is 4.64. The van der Waals surface area contributed by atoms with Gasteiger partial charge in [-0.15, -0.1) is 0 Å². The van der Waals surface area contributed by atoms with Crippen molar-refractivity contribution in [2.45, 2.75) is 19.0 Å². The van der Waals surface area contributed by atoms with Crippen molar-refractivity contribution in [3.05, 3.63) is 69.8 Å². The molecule has 4 N–H and O–H groups in total. The molecule has 7 nitrogen and oxygen atoms in total. The molecule has 30 heavy (non-hydrogen) atoms. The first kappa shape index (κ1) is 19.0. The lowest BCUT2D eigenvalue weighted by Gasteiger charge is -2.36. The number of fused-ring (bicyclic) bond motifs is 2. The van der Waals surface area contributed by atoms with Crippen LogP contribution in [-0.2, 0) is 13.0 Å². The van der Waals surface area contributed by atoms with E-state index in [0.29, 0.717) is 33.4 Å². The molecule has 1 aliphatic heterocycles. The Morgan fingerprint density at radius 2 is 1.87 bits per heavy atom. The summed E-state index contributed by atoms with van der Waals surface area (Å²) >= 11 is 12.3. The van der Waals surface area contributed by atoms with Crippen LogP contribution in [-0.4, -0.2) is 26.3 Å². The van der Waals surface area contributed by atoms with Crippen molar-refractivity contribution in [3.8, 4) is 0 Å². The highest BCUT2D eigenvalue weighted by Gasteiger charge is 2.28. The molecule has 1 unspecified atom stereocenters. The summed E-state index contributed by atoms with van der Waals surface area (Å²) in [7, 11) is 0. The van der Waals surface area contributed by atoms with Crippen LogP contribution in [0.15, 0.2) is 48.7 Å². The van der Waals surface area contributed by atoms with Crippen LogP contribution in [0.5, 0.6) is 0 Å². The Labute approximate surface area is 183 Å². The number of nitrogens with zero attached hydrogens (tertiary/aromatic N) is 5. The molecule has 152 valence electrons.